The lowest BCUT2D eigenvalue weighted by molar-refractivity contribution is 0.0775. The summed E-state index contributed by atoms with van der Waals surface area (Å²) in [5.41, 5.74) is 2.55. The van der Waals surface area contributed by atoms with E-state index in [2.05, 4.69) is 49.6 Å². The van der Waals surface area contributed by atoms with E-state index in [4.69, 9.17) is 9.47 Å². The molecule has 2 rings (SSSR count). The maximum atomic E-state index is 5.73. The second kappa shape index (κ2) is 9.60. The molecule has 0 fully saturated rings. The summed E-state index contributed by atoms with van der Waals surface area (Å²) in [5, 5.41) is 0. The van der Waals surface area contributed by atoms with Crippen LogP contribution in [0.25, 0.3) is 0 Å². The van der Waals surface area contributed by atoms with Gasteiger partial charge in [0.1, 0.15) is 12.4 Å². The monoisotopic (exact) mass is 315 g/mol. The van der Waals surface area contributed by atoms with E-state index >= 15 is 0 Å². The molecule has 0 N–H and O–H groups in total. The molecule has 0 aromatic heterocycles. The zero-order chi connectivity index (χ0) is 16.5. The Labute approximate surface area is 141 Å². The van der Waals surface area contributed by atoms with Gasteiger partial charge in [-0.05, 0) is 50.1 Å². The number of rotatable bonds is 7. The minimum absolute atomic E-state index is 0.461. The van der Waals surface area contributed by atoms with E-state index in [0.29, 0.717) is 19.1 Å². The summed E-state index contributed by atoms with van der Waals surface area (Å²) in [6, 6.07) is 6.19. The first-order valence-corrected chi connectivity index (χ1v) is 8.63. The highest BCUT2D eigenvalue weighted by Crippen LogP contribution is 2.16. The van der Waals surface area contributed by atoms with Crippen LogP contribution in [0.4, 0.5) is 0 Å². The van der Waals surface area contributed by atoms with Crippen molar-refractivity contribution < 1.29 is 9.47 Å². The van der Waals surface area contributed by atoms with Crippen LogP contribution in [0.1, 0.15) is 30.9 Å². The summed E-state index contributed by atoms with van der Waals surface area (Å²) in [4.78, 5) is 2.46. The number of benzene rings is 1. The van der Waals surface area contributed by atoms with Crippen molar-refractivity contribution in [2.45, 2.75) is 33.6 Å². The van der Waals surface area contributed by atoms with E-state index in [-0.39, 0.29) is 0 Å². The predicted octanol–water partition coefficient (Wildman–Crippen LogP) is 3.43. The molecule has 23 heavy (non-hydrogen) atoms. The lowest BCUT2D eigenvalue weighted by Crippen LogP contribution is -2.33. The maximum absolute atomic E-state index is 5.73. The van der Waals surface area contributed by atoms with Crippen LogP contribution in [0.3, 0.4) is 0 Å². The van der Waals surface area contributed by atoms with Crippen molar-refractivity contribution in [3.8, 4) is 17.6 Å². The molecule has 3 heteroatoms. The van der Waals surface area contributed by atoms with Gasteiger partial charge in [0, 0.05) is 25.4 Å². The third-order valence-electron chi connectivity index (χ3n) is 4.18. The molecule has 1 aromatic rings. The topological polar surface area (TPSA) is 21.7 Å². The molecule has 1 aromatic carbocycles. The quantitative estimate of drug-likeness (QED) is 0.568. The second-order valence-electron chi connectivity index (χ2n) is 6.33. The molecular formula is C20H29NO2. The Balaban J connectivity index is 1.58. The Bertz CT molecular complexity index is 544. The largest absolute Gasteiger partial charge is 0.491 e. The highest BCUT2D eigenvalue weighted by atomic mass is 16.5. The molecule has 3 nitrogen and oxygen atoms in total. The maximum Gasteiger partial charge on any atom is 0.119 e. The minimum atomic E-state index is 0.461. The van der Waals surface area contributed by atoms with E-state index in [0.717, 1.165) is 44.8 Å². The number of nitrogens with zero attached hydrogens (tertiary/aromatic N) is 1. The van der Waals surface area contributed by atoms with Crippen LogP contribution in [0.2, 0.25) is 0 Å². The van der Waals surface area contributed by atoms with Crippen LogP contribution in [-0.2, 0) is 4.74 Å². The lowest BCUT2D eigenvalue weighted by atomic mass is 10.1. The fraction of sp³-hybridized carbons (Fsp3) is 0.600. The molecule has 1 aliphatic rings. The van der Waals surface area contributed by atoms with Crippen molar-refractivity contribution in [2.75, 3.05) is 39.5 Å². The predicted molar refractivity (Wildman–Crippen MR) is 94.8 cm³/mol. The van der Waals surface area contributed by atoms with Crippen molar-refractivity contribution in [1.29, 1.82) is 0 Å². The van der Waals surface area contributed by atoms with Crippen LogP contribution >= 0.6 is 0 Å². The molecule has 0 bridgehead atoms. The van der Waals surface area contributed by atoms with Crippen LogP contribution in [0.15, 0.2) is 18.2 Å². The Morgan fingerprint density at radius 3 is 2.87 bits per heavy atom. The SMILES string of the molecule is Cc1ccc(OCCOCCN2CCCC#C[C@@H](C)C2)cc1C. The van der Waals surface area contributed by atoms with Crippen LogP contribution < -0.4 is 4.74 Å². The molecule has 0 saturated carbocycles. The van der Waals surface area contributed by atoms with Gasteiger partial charge in [0.2, 0.25) is 0 Å². The van der Waals surface area contributed by atoms with Gasteiger partial charge in [0.15, 0.2) is 0 Å². The molecule has 126 valence electrons. The number of aryl methyl sites for hydroxylation is 2. The molecule has 0 amide bonds. The Morgan fingerprint density at radius 1 is 1.17 bits per heavy atom. The van der Waals surface area contributed by atoms with Crippen molar-refractivity contribution in [3.05, 3.63) is 29.3 Å². The fourth-order valence-corrected chi connectivity index (χ4v) is 2.68. The number of ether oxygens (including phenoxy) is 2. The molecule has 0 aliphatic carbocycles. The summed E-state index contributed by atoms with van der Waals surface area (Å²) in [6.45, 7) is 11.6. The molecule has 1 atom stereocenters. The smallest absolute Gasteiger partial charge is 0.119 e. The second-order valence-corrected chi connectivity index (χ2v) is 6.33. The molecule has 0 unspecified atom stereocenters. The van der Waals surface area contributed by atoms with Crippen molar-refractivity contribution in [1.82, 2.24) is 4.90 Å². The minimum Gasteiger partial charge on any atom is -0.491 e. The first kappa shape index (κ1) is 17.8. The molecular weight excluding hydrogens is 286 g/mol. The summed E-state index contributed by atoms with van der Waals surface area (Å²) in [6.07, 6.45) is 2.18. The third kappa shape index (κ3) is 6.64. The average Bonchev–Trinajstić information content (AvgIpc) is 2.51. The molecule has 1 aliphatic heterocycles. The molecule has 0 saturated heterocycles. The molecule has 1 heterocycles. The van der Waals surface area contributed by atoms with Crippen LogP contribution in [0, 0.1) is 31.6 Å². The van der Waals surface area contributed by atoms with E-state index in [1.54, 1.807) is 0 Å². The van der Waals surface area contributed by atoms with Gasteiger partial charge in [0.25, 0.3) is 0 Å². The Hall–Kier alpha value is -1.50. The first-order chi connectivity index (χ1) is 11.1. The standard InChI is InChI=1S/C20H29NO2/c1-17-7-5-4-6-10-21(16-17)11-12-22-13-14-23-20-9-8-18(2)19(3)15-20/h8-9,15,17H,4,6,10-14,16H2,1-3H3/t17-/m1/s1. The third-order valence-corrected chi connectivity index (χ3v) is 4.18. The highest BCUT2D eigenvalue weighted by Gasteiger charge is 2.10. The van der Waals surface area contributed by atoms with Gasteiger partial charge >= 0.3 is 0 Å². The molecule has 0 spiro atoms. The normalized spacial score (nSPS) is 18.7. The van der Waals surface area contributed by atoms with Crippen LogP contribution in [0.5, 0.6) is 5.75 Å². The zero-order valence-electron chi connectivity index (χ0n) is 14.7. The van der Waals surface area contributed by atoms with E-state index in [1.807, 2.05) is 6.07 Å². The van der Waals surface area contributed by atoms with Crippen molar-refractivity contribution in [2.24, 2.45) is 5.92 Å². The first-order valence-electron chi connectivity index (χ1n) is 8.63. The van der Waals surface area contributed by atoms with Crippen molar-refractivity contribution >= 4 is 0 Å². The Morgan fingerprint density at radius 2 is 2.04 bits per heavy atom. The average molecular weight is 315 g/mol. The van der Waals surface area contributed by atoms with Gasteiger partial charge in [-0.2, -0.15) is 0 Å². The summed E-state index contributed by atoms with van der Waals surface area (Å²) in [5.74, 6) is 7.92. The summed E-state index contributed by atoms with van der Waals surface area (Å²) < 4.78 is 11.4. The summed E-state index contributed by atoms with van der Waals surface area (Å²) >= 11 is 0. The number of hydrogen-bond acceptors (Lipinski definition) is 3. The fourth-order valence-electron chi connectivity index (χ4n) is 2.68. The van der Waals surface area contributed by atoms with Gasteiger partial charge in [0.05, 0.1) is 13.2 Å². The molecule has 0 radical (unpaired) electrons. The van der Waals surface area contributed by atoms with E-state index in [1.165, 1.54) is 11.1 Å². The van der Waals surface area contributed by atoms with Gasteiger partial charge in [-0.3, -0.25) is 4.90 Å². The van der Waals surface area contributed by atoms with Gasteiger partial charge in [-0.15, -0.1) is 5.92 Å². The van der Waals surface area contributed by atoms with Crippen LogP contribution in [-0.4, -0.2) is 44.4 Å². The lowest BCUT2D eigenvalue weighted by Gasteiger charge is -2.24. The van der Waals surface area contributed by atoms with Crippen molar-refractivity contribution in [3.63, 3.8) is 0 Å². The summed E-state index contributed by atoms with van der Waals surface area (Å²) in [7, 11) is 0. The van der Waals surface area contributed by atoms with E-state index < -0.39 is 0 Å². The van der Waals surface area contributed by atoms with Gasteiger partial charge in [-0.1, -0.05) is 18.9 Å². The zero-order valence-corrected chi connectivity index (χ0v) is 14.7. The Kier molecular flexibility index (Phi) is 7.45. The van der Waals surface area contributed by atoms with E-state index in [9.17, 15) is 0 Å². The van der Waals surface area contributed by atoms with Gasteiger partial charge < -0.3 is 9.47 Å². The van der Waals surface area contributed by atoms with Gasteiger partial charge in [-0.25, -0.2) is 0 Å². The number of hydrogen-bond donors (Lipinski definition) is 0. The highest BCUT2D eigenvalue weighted by molar-refractivity contribution is 5.33.